The standard InChI is InChI=1S/C16H25N3O/c1-16(2)12-19(10-9-18(16)3)15(20)14(17)11-13-7-5-4-6-8-13/h4-8,14H,9-12,17H2,1-3H3/t14-/m1/s1. The Morgan fingerprint density at radius 3 is 2.55 bits per heavy atom. The van der Waals surface area contributed by atoms with Crippen LogP contribution in [0.1, 0.15) is 19.4 Å². The first-order valence-electron chi connectivity index (χ1n) is 7.20. The van der Waals surface area contributed by atoms with Gasteiger partial charge in [0.05, 0.1) is 6.04 Å². The minimum atomic E-state index is -0.448. The Hall–Kier alpha value is -1.39. The van der Waals surface area contributed by atoms with Gasteiger partial charge in [0.2, 0.25) is 5.91 Å². The maximum absolute atomic E-state index is 12.5. The van der Waals surface area contributed by atoms with E-state index in [1.807, 2.05) is 35.2 Å². The first-order chi connectivity index (χ1) is 9.40. The predicted octanol–water partition coefficient (Wildman–Crippen LogP) is 1.11. The second-order valence-electron chi connectivity index (χ2n) is 6.29. The molecule has 1 fully saturated rings. The third-order valence-electron chi connectivity index (χ3n) is 4.24. The molecule has 1 aromatic rings. The highest BCUT2D eigenvalue weighted by atomic mass is 16.2. The SMILES string of the molecule is CN1CCN(C(=O)[C@H](N)Cc2ccccc2)CC1(C)C. The van der Waals surface area contributed by atoms with E-state index in [9.17, 15) is 4.79 Å². The zero-order valence-electron chi connectivity index (χ0n) is 12.7. The van der Waals surface area contributed by atoms with Crippen LogP contribution in [0.2, 0.25) is 0 Å². The van der Waals surface area contributed by atoms with Gasteiger partial charge in [-0.3, -0.25) is 9.69 Å². The van der Waals surface area contributed by atoms with Crippen LogP contribution in [-0.4, -0.2) is 54.0 Å². The van der Waals surface area contributed by atoms with Crippen molar-refractivity contribution in [1.82, 2.24) is 9.80 Å². The van der Waals surface area contributed by atoms with Crippen LogP contribution in [0.5, 0.6) is 0 Å². The Labute approximate surface area is 121 Å². The number of nitrogens with zero attached hydrogens (tertiary/aromatic N) is 2. The summed E-state index contributed by atoms with van der Waals surface area (Å²) in [7, 11) is 2.10. The Balaban J connectivity index is 1.97. The van der Waals surface area contributed by atoms with Crippen molar-refractivity contribution in [3.05, 3.63) is 35.9 Å². The van der Waals surface area contributed by atoms with Crippen LogP contribution < -0.4 is 5.73 Å². The summed E-state index contributed by atoms with van der Waals surface area (Å²) in [5.74, 6) is 0.0648. The van der Waals surface area contributed by atoms with Crippen molar-refractivity contribution in [2.45, 2.75) is 31.8 Å². The van der Waals surface area contributed by atoms with Gasteiger partial charge in [0, 0.05) is 25.2 Å². The number of carbonyl (C=O) groups excluding carboxylic acids is 1. The Morgan fingerprint density at radius 2 is 1.95 bits per heavy atom. The molecule has 0 radical (unpaired) electrons. The third-order valence-corrected chi connectivity index (χ3v) is 4.24. The van der Waals surface area contributed by atoms with Crippen LogP contribution in [0.15, 0.2) is 30.3 Å². The molecule has 1 saturated heterocycles. The molecule has 1 amide bonds. The van der Waals surface area contributed by atoms with Gasteiger partial charge in [-0.2, -0.15) is 0 Å². The van der Waals surface area contributed by atoms with Gasteiger partial charge in [-0.25, -0.2) is 0 Å². The van der Waals surface area contributed by atoms with Crippen LogP contribution in [0.3, 0.4) is 0 Å². The van der Waals surface area contributed by atoms with Crippen LogP contribution in [0, 0.1) is 0 Å². The molecule has 1 aliphatic heterocycles. The molecular weight excluding hydrogens is 250 g/mol. The van der Waals surface area contributed by atoms with E-state index in [-0.39, 0.29) is 11.4 Å². The van der Waals surface area contributed by atoms with Crippen molar-refractivity contribution >= 4 is 5.91 Å². The van der Waals surface area contributed by atoms with Gasteiger partial charge in [0.15, 0.2) is 0 Å². The zero-order valence-corrected chi connectivity index (χ0v) is 12.7. The number of hydrogen-bond donors (Lipinski definition) is 1. The van der Waals surface area contributed by atoms with Crippen molar-refractivity contribution in [2.75, 3.05) is 26.7 Å². The molecule has 2 N–H and O–H groups in total. The van der Waals surface area contributed by atoms with Crippen LogP contribution in [-0.2, 0) is 11.2 Å². The maximum Gasteiger partial charge on any atom is 0.239 e. The first-order valence-corrected chi connectivity index (χ1v) is 7.20. The van der Waals surface area contributed by atoms with Crippen LogP contribution >= 0.6 is 0 Å². The fourth-order valence-electron chi connectivity index (χ4n) is 2.62. The number of carbonyl (C=O) groups is 1. The molecule has 2 rings (SSSR count). The van der Waals surface area contributed by atoms with E-state index in [0.29, 0.717) is 6.42 Å². The van der Waals surface area contributed by atoms with Crippen molar-refractivity contribution in [1.29, 1.82) is 0 Å². The first kappa shape index (κ1) is 15.0. The van der Waals surface area contributed by atoms with Gasteiger partial charge < -0.3 is 10.6 Å². The van der Waals surface area contributed by atoms with Gasteiger partial charge >= 0.3 is 0 Å². The lowest BCUT2D eigenvalue weighted by atomic mass is 9.98. The number of likely N-dealkylation sites (N-methyl/N-ethyl adjacent to an activating group) is 1. The molecule has 110 valence electrons. The summed E-state index contributed by atoms with van der Waals surface area (Å²) in [6, 6.07) is 9.51. The van der Waals surface area contributed by atoms with E-state index >= 15 is 0 Å². The Kier molecular flexibility index (Phi) is 4.45. The van der Waals surface area contributed by atoms with Gasteiger partial charge in [0.25, 0.3) is 0 Å². The van der Waals surface area contributed by atoms with Gasteiger partial charge in [-0.1, -0.05) is 30.3 Å². The lowest BCUT2D eigenvalue weighted by molar-refractivity contribution is -0.137. The fourth-order valence-corrected chi connectivity index (χ4v) is 2.62. The zero-order chi connectivity index (χ0) is 14.8. The molecule has 1 atom stereocenters. The molecule has 20 heavy (non-hydrogen) atoms. The third kappa shape index (κ3) is 3.38. The van der Waals surface area contributed by atoms with E-state index in [1.54, 1.807) is 0 Å². The molecule has 4 heteroatoms. The average molecular weight is 275 g/mol. The quantitative estimate of drug-likeness (QED) is 0.899. The van der Waals surface area contributed by atoms with E-state index < -0.39 is 6.04 Å². The summed E-state index contributed by atoms with van der Waals surface area (Å²) < 4.78 is 0. The molecule has 1 aliphatic rings. The van der Waals surface area contributed by atoms with Crippen molar-refractivity contribution in [2.24, 2.45) is 5.73 Å². The summed E-state index contributed by atoms with van der Waals surface area (Å²) in [5, 5.41) is 0. The molecule has 1 aromatic carbocycles. The average Bonchev–Trinajstić information content (AvgIpc) is 2.42. The number of hydrogen-bond acceptors (Lipinski definition) is 3. The maximum atomic E-state index is 12.5. The Morgan fingerprint density at radius 1 is 1.30 bits per heavy atom. The molecule has 0 aliphatic carbocycles. The highest BCUT2D eigenvalue weighted by molar-refractivity contribution is 5.82. The normalized spacial score (nSPS) is 20.7. The molecule has 0 unspecified atom stereocenters. The summed E-state index contributed by atoms with van der Waals surface area (Å²) in [6.45, 7) is 6.73. The molecular formula is C16H25N3O. The Bertz CT molecular complexity index is 458. The minimum absolute atomic E-state index is 0.0143. The fraction of sp³-hybridized carbons (Fsp3) is 0.562. The number of amides is 1. The van der Waals surface area contributed by atoms with E-state index in [2.05, 4.69) is 25.8 Å². The van der Waals surface area contributed by atoms with E-state index in [4.69, 9.17) is 5.73 Å². The van der Waals surface area contributed by atoms with Crippen LogP contribution in [0.4, 0.5) is 0 Å². The molecule has 4 nitrogen and oxygen atoms in total. The van der Waals surface area contributed by atoms with Gasteiger partial charge in [-0.15, -0.1) is 0 Å². The van der Waals surface area contributed by atoms with Gasteiger partial charge in [-0.05, 0) is 32.9 Å². The largest absolute Gasteiger partial charge is 0.338 e. The summed E-state index contributed by atoms with van der Waals surface area (Å²) >= 11 is 0. The monoisotopic (exact) mass is 275 g/mol. The van der Waals surface area contributed by atoms with E-state index in [0.717, 1.165) is 25.2 Å². The van der Waals surface area contributed by atoms with Crippen LogP contribution in [0.25, 0.3) is 0 Å². The topological polar surface area (TPSA) is 49.6 Å². The second-order valence-corrected chi connectivity index (χ2v) is 6.29. The lowest BCUT2D eigenvalue weighted by Crippen LogP contribution is -2.61. The van der Waals surface area contributed by atoms with Crippen molar-refractivity contribution in [3.63, 3.8) is 0 Å². The lowest BCUT2D eigenvalue weighted by Gasteiger charge is -2.45. The molecule has 0 aromatic heterocycles. The van der Waals surface area contributed by atoms with E-state index in [1.165, 1.54) is 0 Å². The summed E-state index contributed by atoms with van der Waals surface area (Å²) in [5.41, 5.74) is 7.23. The second kappa shape index (κ2) is 5.94. The minimum Gasteiger partial charge on any atom is -0.338 e. The molecule has 0 saturated carbocycles. The predicted molar refractivity (Wildman–Crippen MR) is 81.4 cm³/mol. The summed E-state index contributed by atoms with van der Waals surface area (Å²) in [6.07, 6.45) is 0.604. The van der Waals surface area contributed by atoms with Gasteiger partial charge in [0.1, 0.15) is 0 Å². The number of rotatable bonds is 3. The van der Waals surface area contributed by atoms with Crippen molar-refractivity contribution in [3.8, 4) is 0 Å². The highest BCUT2D eigenvalue weighted by Crippen LogP contribution is 2.19. The molecule has 1 heterocycles. The number of benzene rings is 1. The highest BCUT2D eigenvalue weighted by Gasteiger charge is 2.34. The van der Waals surface area contributed by atoms with Crippen molar-refractivity contribution < 1.29 is 4.79 Å². The molecule has 0 spiro atoms. The smallest absolute Gasteiger partial charge is 0.239 e. The number of piperazine rings is 1. The number of nitrogens with two attached hydrogens (primary N) is 1. The molecule has 0 bridgehead atoms. The summed E-state index contributed by atoms with van der Waals surface area (Å²) in [4.78, 5) is 16.7.